The summed E-state index contributed by atoms with van der Waals surface area (Å²) in [5, 5.41) is 4.85. The smallest absolute Gasteiger partial charge is 0.229 e. The van der Waals surface area contributed by atoms with Crippen LogP contribution in [0, 0.1) is 0 Å². The molecule has 30 heavy (non-hydrogen) atoms. The highest BCUT2D eigenvalue weighted by Crippen LogP contribution is 2.40. The van der Waals surface area contributed by atoms with Crippen LogP contribution in [0.15, 0.2) is 59.8 Å². The third-order valence-corrected chi connectivity index (χ3v) is 6.24. The Morgan fingerprint density at radius 1 is 1.13 bits per heavy atom. The zero-order chi connectivity index (χ0) is 21.3. The number of anilines is 1. The van der Waals surface area contributed by atoms with E-state index in [1.807, 2.05) is 41.9 Å². The van der Waals surface area contributed by atoms with Crippen LogP contribution >= 0.6 is 11.8 Å². The van der Waals surface area contributed by atoms with Crippen LogP contribution in [0.5, 0.6) is 0 Å². The summed E-state index contributed by atoms with van der Waals surface area (Å²) in [6.07, 6.45) is 3.30. The van der Waals surface area contributed by atoms with E-state index >= 15 is 0 Å². The Balaban J connectivity index is 1.50. The average Bonchev–Trinajstić information content (AvgIpc) is 3.48. The van der Waals surface area contributed by atoms with Crippen LogP contribution < -0.4 is 4.72 Å². The first-order chi connectivity index (χ1) is 14.3. The molecule has 1 N–H and O–H groups in total. The van der Waals surface area contributed by atoms with Crippen molar-refractivity contribution in [2.75, 3.05) is 11.0 Å². The standard InChI is InChI=1S/C21H22N4O3S2/c1-14(19(26)15-10-12-17(13-11-15)24-30(2,27)28)29-21-22-20(16-8-9-16)25(23-21)18-6-4-3-5-7-18/h3-7,10-14,16,24H,8-9H2,1-2H3. The third kappa shape index (κ3) is 4.91. The van der Waals surface area contributed by atoms with E-state index in [2.05, 4.69) is 9.82 Å². The largest absolute Gasteiger partial charge is 0.293 e. The van der Waals surface area contributed by atoms with E-state index in [9.17, 15) is 13.2 Å². The van der Waals surface area contributed by atoms with Crippen LogP contribution in [0.3, 0.4) is 0 Å². The van der Waals surface area contributed by atoms with Crippen molar-refractivity contribution in [3.05, 3.63) is 66.0 Å². The maximum Gasteiger partial charge on any atom is 0.229 e. The predicted molar refractivity (Wildman–Crippen MR) is 118 cm³/mol. The van der Waals surface area contributed by atoms with Crippen molar-refractivity contribution in [1.82, 2.24) is 14.8 Å². The summed E-state index contributed by atoms with van der Waals surface area (Å²) in [6.45, 7) is 1.83. The number of hydrogen-bond acceptors (Lipinski definition) is 6. The molecule has 0 radical (unpaired) electrons. The molecule has 1 aliphatic rings. The third-order valence-electron chi connectivity index (χ3n) is 4.68. The second-order valence-corrected chi connectivity index (χ2v) is 10.4. The van der Waals surface area contributed by atoms with Gasteiger partial charge in [-0.25, -0.2) is 18.1 Å². The molecule has 2 aromatic carbocycles. The van der Waals surface area contributed by atoms with Crippen LogP contribution in [0.2, 0.25) is 0 Å². The zero-order valence-corrected chi connectivity index (χ0v) is 18.3. The molecule has 156 valence electrons. The number of benzene rings is 2. The van der Waals surface area contributed by atoms with Gasteiger partial charge in [-0.3, -0.25) is 9.52 Å². The molecule has 0 amide bonds. The van der Waals surface area contributed by atoms with Gasteiger partial charge in [0.05, 0.1) is 17.2 Å². The van der Waals surface area contributed by atoms with E-state index in [0.29, 0.717) is 22.3 Å². The molecule has 1 heterocycles. The maximum absolute atomic E-state index is 12.8. The number of ketones is 1. The molecule has 0 saturated heterocycles. The number of rotatable bonds is 8. The van der Waals surface area contributed by atoms with Crippen LogP contribution in [0.25, 0.3) is 5.69 Å². The van der Waals surface area contributed by atoms with Gasteiger partial charge in [0.25, 0.3) is 0 Å². The first-order valence-corrected chi connectivity index (χ1v) is 12.4. The Kier molecular flexibility index (Phi) is 5.66. The number of para-hydroxylation sites is 1. The number of Topliss-reactive ketones (excluding diaryl/α,β-unsaturated/α-hetero) is 1. The van der Waals surface area contributed by atoms with E-state index in [4.69, 9.17) is 4.98 Å². The summed E-state index contributed by atoms with van der Waals surface area (Å²) in [5.74, 6) is 1.31. The molecule has 1 saturated carbocycles. The molecule has 1 aromatic heterocycles. The molecule has 0 bridgehead atoms. The fraction of sp³-hybridized carbons (Fsp3) is 0.286. The number of aromatic nitrogens is 3. The number of carbonyl (C=O) groups excluding carboxylic acids is 1. The Hall–Kier alpha value is -2.65. The van der Waals surface area contributed by atoms with Crippen molar-refractivity contribution in [2.45, 2.75) is 36.1 Å². The molecule has 3 aromatic rings. The lowest BCUT2D eigenvalue weighted by Gasteiger charge is -2.09. The summed E-state index contributed by atoms with van der Waals surface area (Å²) in [4.78, 5) is 17.5. The molecule has 1 unspecified atom stereocenters. The number of sulfonamides is 1. The van der Waals surface area contributed by atoms with Crippen molar-refractivity contribution >= 4 is 33.3 Å². The summed E-state index contributed by atoms with van der Waals surface area (Å²) in [7, 11) is -3.35. The van der Waals surface area contributed by atoms with Crippen LogP contribution in [0.4, 0.5) is 5.69 Å². The highest BCUT2D eigenvalue weighted by atomic mass is 32.2. The fourth-order valence-corrected chi connectivity index (χ4v) is 4.48. The van der Waals surface area contributed by atoms with Crippen molar-refractivity contribution in [3.63, 3.8) is 0 Å². The van der Waals surface area contributed by atoms with Gasteiger partial charge >= 0.3 is 0 Å². The zero-order valence-electron chi connectivity index (χ0n) is 16.6. The van der Waals surface area contributed by atoms with E-state index < -0.39 is 10.0 Å². The molecule has 9 heteroatoms. The minimum Gasteiger partial charge on any atom is -0.293 e. The van der Waals surface area contributed by atoms with Gasteiger partial charge in [-0.2, -0.15) is 0 Å². The average molecular weight is 443 g/mol. The summed E-state index contributed by atoms with van der Waals surface area (Å²) in [5.41, 5.74) is 1.90. The molecular formula is C21H22N4O3S2. The molecule has 0 spiro atoms. The van der Waals surface area contributed by atoms with Crippen LogP contribution in [-0.4, -0.2) is 40.5 Å². The van der Waals surface area contributed by atoms with Gasteiger partial charge < -0.3 is 0 Å². The van der Waals surface area contributed by atoms with Crippen LogP contribution in [0.1, 0.15) is 41.9 Å². The summed E-state index contributed by atoms with van der Waals surface area (Å²) in [6, 6.07) is 16.3. The van der Waals surface area contributed by atoms with E-state index in [1.54, 1.807) is 24.3 Å². The normalized spacial score (nSPS) is 15.0. The first kappa shape index (κ1) is 20.6. The lowest BCUT2D eigenvalue weighted by Crippen LogP contribution is -2.14. The van der Waals surface area contributed by atoms with Gasteiger partial charge in [0.2, 0.25) is 15.2 Å². The van der Waals surface area contributed by atoms with Crippen molar-refractivity contribution < 1.29 is 13.2 Å². The molecule has 7 nitrogen and oxygen atoms in total. The number of carbonyl (C=O) groups is 1. The molecular weight excluding hydrogens is 420 g/mol. The van der Waals surface area contributed by atoms with Crippen LogP contribution in [-0.2, 0) is 10.0 Å². The fourth-order valence-electron chi connectivity index (χ4n) is 3.08. The lowest BCUT2D eigenvalue weighted by atomic mass is 10.1. The topological polar surface area (TPSA) is 93.9 Å². The Bertz CT molecular complexity index is 1150. The van der Waals surface area contributed by atoms with Crippen molar-refractivity contribution in [3.8, 4) is 5.69 Å². The minimum atomic E-state index is -3.35. The summed E-state index contributed by atoms with van der Waals surface area (Å²) >= 11 is 1.33. The van der Waals surface area contributed by atoms with Gasteiger partial charge in [0.15, 0.2) is 5.78 Å². The SMILES string of the molecule is CC(Sc1nc(C2CC2)n(-c2ccccc2)n1)C(=O)c1ccc(NS(C)(=O)=O)cc1. The predicted octanol–water partition coefficient (Wildman–Crippen LogP) is 3.88. The Morgan fingerprint density at radius 2 is 1.80 bits per heavy atom. The van der Waals surface area contributed by atoms with Crippen molar-refractivity contribution in [1.29, 1.82) is 0 Å². The highest BCUT2D eigenvalue weighted by molar-refractivity contribution is 8.00. The van der Waals surface area contributed by atoms with Gasteiger partial charge in [-0.15, -0.1) is 5.10 Å². The van der Waals surface area contributed by atoms with E-state index in [0.717, 1.165) is 30.6 Å². The lowest BCUT2D eigenvalue weighted by molar-refractivity contribution is 0.0994. The maximum atomic E-state index is 12.8. The molecule has 4 rings (SSSR count). The Morgan fingerprint density at radius 3 is 2.40 bits per heavy atom. The molecule has 1 atom stereocenters. The van der Waals surface area contributed by atoms with Gasteiger partial charge in [-0.05, 0) is 56.2 Å². The highest BCUT2D eigenvalue weighted by Gasteiger charge is 2.31. The van der Waals surface area contributed by atoms with Gasteiger partial charge in [-0.1, -0.05) is 30.0 Å². The number of nitrogens with zero attached hydrogens (tertiary/aromatic N) is 3. The monoisotopic (exact) mass is 442 g/mol. The van der Waals surface area contributed by atoms with Gasteiger partial charge in [0.1, 0.15) is 5.82 Å². The second kappa shape index (κ2) is 8.23. The first-order valence-electron chi connectivity index (χ1n) is 9.61. The number of thioether (sulfide) groups is 1. The second-order valence-electron chi connectivity index (χ2n) is 7.35. The molecule has 0 aliphatic heterocycles. The molecule has 1 aliphatic carbocycles. The molecule has 1 fully saturated rings. The summed E-state index contributed by atoms with van der Waals surface area (Å²) < 4.78 is 26.9. The minimum absolute atomic E-state index is 0.0602. The Labute approximate surface area is 180 Å². The quantitative estimate of drug-likeness (QED) is 0.420. The van der Waals surface area contributed by atoms with Gasteiger partial charge in [0, 0.05) is 17.2 Å². The van der Waals surface area contributed by atoms with E-state index in [-0.39, 0.29) is 11.0 Å². The number of nitrogens with one attached hydrogen (secondary N) is 1. The number of hydrogen-bond donors (Lipinski definition) is 1. The van der Waals surface area contributed by atoms with Crippen molar-refractivity contribution in [2.24, 2.45) is 0 Å². The van der Waals surface area contributed by atoms with E-state index in [1.165, 1.54) is 11.8 Å².